The van der Waals surface area contributed by atoms with Gasteiger partial charge in [-0.1, -0.05) is 258 Å². The van der Waals surface area contributed by atoms with Crippen LogP contribution in [0.2, 0.25) is 0 Å². The molecule has 1 atom stereocenters. The van der Waals surface area contributed by atoms with Crippen molar-refractivity contribution < 1.29 is 28.6 Å². The first-order chi connectivity index (χ1) is 30.5. The molecular weight excluding hydrogens is 769 g/mol. The van der Waals surface area contributed by atoms with Crippen LogP contribution < -0.4 is 0 Å². The molecule has 0 radical (unpaired) electrons. The van der Waals surface area contributed by atoms with Crippen LogP contribution in [0, 0.1) is 0 Å². The standard InChI is InChI=1S/C56H106O6/c1-4-7-10-13-16-19-22-24-26-27-28-29-31-32-34-37-40-43-46-49-55(58)61-52-53(51-60-54(57)48-45-42-39-36-21-18-15-12-9-6-3)62-56(59)50-47-44-41-38-35-33-30-25-23-20-17-14-11-8-5-2/h27-28,53H,4-26,29-52H2,1-3H3/b28-27-/t53-/m1/s1. The molecule has 0 saturated carbocycles. The van der Waals surface area contributed by atoms with Crippen LogP contribution in [0.1, 0.15) is 310 Å². The third-order valence-corrected chi connectivity index (χ3v) is 12.5. The number of carbonyl (C=O) groups excluding carboxylic acids is 3. The van der Waals surface area contributed by atoms with Gasteiger partial charge < -0.3 is 14.2 Å². The van der Waals surface area contributed by atoms with Gasteiger partial charge in [0.1, 0.15) is 13.2 Å². The highest BCUT2D eigenvalue weighted by atomic mass is 16.6. The summed E-state index contributed by atoms with van der Waals surface area (Å²) in [5, 5.41) is 0. The Bertz CT molecular complexity index is 962. The van der Waals surface area contributed by atoms with Crippen molar-refractivity contribution in [3.05, 3.63) is 12.2 Å². The summed E-state index contributed by atoms with van der Waals surface area (Å²) in [4.78, 5) is 38.0. The Kier molecular flexibility index (Phi) is 50.2. The number of carbonyl (C=O) groups is 3. The number of rotatable bonds is 51. The molecule has 0 aliphatic rings. The Balaban J connectivity index is 4.26. The van der Waals surface area contributed by atoms with Crippen molar-refractivity contribution in [1.82, 2.24) is 0 Å². The lowest BCUT2D eigenvalue weighted by molar-refractivity contribution is -0.167. The van der Waals surface area contributed by atoms with E-state index in [2.05, 4.69) is 32.9 Å². The van der Waals surface area contributed by atoms with Crippen LogP contribution in [0.5, 0.6) is 0 Å². The van der Waals surface area contributed by atoms with Gasteiger partial charge in [0.25, 0.3) is 0 Å². The summed E-state index contributed by atoms with van der Waals surface area (Å²) in [6, 6.07) is 0. The van der Waals surface area contributed by atoms with Gasteiger partial charge in [-0.3, -0.25) is 14.4 Å². The molecule has 0 bridgehead atoms. The first kappa shape index (κ1) is 60.2. The molecule has 0 N–H and O–H groups in total. The largest absolute Gasteiger partial charge is 0.462 e. The van der Waals surface area contributed by atoms with E-state index in [0.29, 0.717) is 19.3 Å². The maximum absolute atomic E-state index is 12.8. The van der Waals surface area contributed by atoms with Crippen LogP contribution in [-0.2, 0) is 28.6 Å². The summed E-state index contributed by atoms with van der Waals surface area (Å²) in [5.74, 6) is -0.852. The first-order valence-electron chi connectivity index (χ1n) is 27.7. The highest BCUT2D eigenvalue weighted by Gasteiger charge is 2.19. The van der Waals surface area contributed by atoms with E-state index in [1.165, 1.54) is 212 Å². The van der Waals surface area contributed by atoms with E-state index >= 15 is 0 Å². The fraction of sp³-hybridized carbons (Fsp3) is 0.911. The van der Waals surface area contributed by atoms with E-state index in [0.717, 1.165) is 57.8 Å². The summed E-state index contributed by atoms with van der Waals surface area (Å²) in [7, 11) is 0. The lowest BCUT2D eigenvalue weighted by Crippen LogP contribution is -2.30. The molecule has 0 aliphatic heterocycles. The van der Waals surface area contributed by atoms with Crippen LogP contribution in [0.3, 0.4) is 0 Å². The summed E-state index contributed by atoms with van der Waals surface area (Å²) in [6.07, 6.45) is 57.7. The molecule has 6 heteroatoms. The van der Waals surface area contributed by atoms with Crippen molar-refractivity contribution in [3.63, 3.8) is 0 Å². The highest BCUT2D eigenvalue weighted by Crippen LogP contribution is 2.17. The van der Waals surface area contributed by atoms with E-state index in [4.69, 9.17) is 14.2 Å². The van der Waals surface area contributed by atoms with Gasteiger partial charge in [0, 0.05) is 19.3 Å². The smallest absolute Gasteiger partial charge is 0.306 e. The average molecular weight is 875 g/mol. The molecule has 0 spiro atoms. The van der Waals surface area contributed by atoms with Gasteiger partial charge in [-0.25, -0.2) is 0 Å². The minimum atomic E-state index is -0.764. The molecule has 0 rings (SSSR count). The molecule has 0 aromatic rings. The molecule has 0 fully saturated rings. The number of hydrogen-bond donors (Lipinski definition) is 0. The number of unbranched alkanes of at least 4 members (excludes halogenated alkanes) is 38. The van der Waals surface area contributed by atoms with Crippen LogP contribution in [0.4, 0.5) is 0 Å². The third-order valence-electron chi connectivity index (χ3n) is 12.5. The average Bonchev–Trinajstić information content (AvgIpc) is 3.27. The van der Waals surface area contributed by atoms with E-state index in [9.17, 15) is 14.4 Å². The van der Waals surface area contributed by atoms with Crippen molar-refractivity contribution in [3.8, 4) is 0 Å². The lowest BCUT2D eigenvalue weighted by atomic mass is 10.0. The van der Waals surface area contributed by atoms with Crippen molar-refractivity contribution in [1.29, 1.82) is 0 Å². The molecule has 0 heterocycles. The van der Waals surface area contributed by atoms with Gasteiger partial charge in [-0.15, -0.1) is 0 Å². The van der Waals surface area contributed by atoms with Crippen molar-refractivity contribution in [2.24, 2.45) is 0 Å². The summed E-state index contributed by atoms with van der Waals surface area (Å²) in [5.41, 5.74) is 0. The fourth-order valence-corrected chi connectivity index (χ4v) is 8.32. The normalized spacial score (nSPS) is 12.0. The van der Waals surface area contributed by atoms with Crippen LogP contribution in [-0.4, -0.2) is 37.2 Å². The van der Waals surface area contributed by atoms with E-state index in [1.54, 1.807) is 0 Å². The Morgan fingerprint density at radius 3 is 0.806 bits per heavy atom. The van der Waals surface area contributed by atoms with Crippen LogP contribution in [0.25, 0.3) is 0 Å². The Labute approximate surface area is 386 Å². The van der Waals surface area contributed by atoms with Gasteiger partial charge in [0.15, 0.2) is 6.10 Å². The predicted octanol–water partition coefficient (Wildman–Crippen LogP) is 18.2. The molecule has 0 aliphatic carbocycles. The van der Waals surface area contributed by atoms with E-state index in [-0.39, 0.29) is 31.1 Å². The quantitative estimate of drug-likeness (QED) is 0.0262. The highest BCUT2D eigenvalue weighted by molar-refractivity contribution is 5.71. The SMILES string of the molecule is CCCCCCCCCC/C=C\CCCCCCCCCC(=O)OC[C@@H](COC(=O)CCCCCCCCCCCC)OC(=O)CCCCCCCCCCCCCCCCC. The summed E-state index contributed by atoms with van der Waals surface area (Å²) < 4.78 is 16.8. The van der Waals surface area contributed by atoms with E-state index in [1.807, 2.05) is 0 Å². The molecule has 62 heavy (non-hydrogen) atoms. The predicted molar refractivity (Wildman–Crippen MR) is 266 cm³/mol. The Hall–Kier alpha value is -1.85. The topological polar surface area (TPSA) is 78.9 Å². The summed E-state index contributed by atoms with van der Waals surface area (Å²) in [6.45, 7) is 6.67. The third kappa shape index (κ3) is 49.2. The lowest BCUT2D eigenvalue weighted by Gasteiger charge is -2.18. The summed E-state index contributed by atoms with van der Waals surface area (Å²) >= 11 is 0. The molecule has 0 amide bonds. The van der Waals surface area contributed by atoms with Crippen molar-refractivity contribution in [2.45, 2.75) is 316 Å². The number of esters is 3. The monoisotopic (exact) mass is 875 g/mol. The maximum atomic E-state index is 12.8. The molecule has 0 saturated heterocycles. The second-order valence-electron chi connectivity index (χ2n) is 18.9. The minimum Gasteiger partial charge on any atom is -0.462 e. The van der Waals surface area contributed by atoms with Crippen molar-refractivity contribution in [2.75, 3.05) is 13.2 Å². The molecular formula is C56H106O6. The fourth-order valence-electron chi connectivity index (χ4n) is 8.32. The molecule has 6 nitrogen and oxygen atoms in total. The van der Waals surface area contributed by atoms with Crippen molar-refractivity contribution >= 4 is 17.9 Å². The minimum absolute atomic E-state index is 0.0660. The Morgan fingerprint density at radius 1 is 0.306 bits per heavy atom. The second kappa shape index (κ2) is 51.8. The zero-order valence-corrected chi connectivity index (χ0v) is 41.9. The van der Waals surface area contributed by atoms with Crippen LogP contribution in [0.15, 0.2) is 12.2 Å². The van der Waals surface area contributed by atoms with Gasteiger partial charge in [-0.2, -0.15) is 0 Å². The molecule has 366 valence electrons. The number of ether oxygens (including phenoxy) is 3. The molecule has 0 aromatic carbocycles. The maximum Gasteiger partial charge on any atom is 0.306 e. The van der Waals surface area contributed by atoms with Gasteiger partial charge in [0.2, 0.25) is 0 Å². The van der Waals surface area contributed by atoms with Gasteiger partial charge in [0.05, 0.1) is 0 Å². The van der Waals surface area contributed by atoms with Gasteiger partial charge >= 0.3 is 17.9 Å². The Morgan fingerprint density at radius 2 is 0.532 bits per heavy atom. The van der Waals surface area contributed by atoms with Gasteiger partial charge in [-0.05, 0) is 44.9 Å². The zero-order chi connectivity index (χ0) is 45.1. The molecule has 0 aromatic heterocycles. The molecule has 0 unspecified atom stereocenters. The second-order valence-corrected chi connectivity index (χ2v) is 18.9. The number of allylic oxidation sites excluding steroid dienone is 2. The van der Waals surface area contributed by atoms with Crippen LogP contribution >= 0.6 is 0 Å². The first-order valence-corrected chi connectivity index (χ1v) is 27.7. The number of hydrogen-bond acceptors (Lipinski definition) is 6. The van der Waals surface area contributed by atoms with E-state index < -0.39 is 6.10 Å². The zero-order valence-electron chi connectivity index (χ0n) is 41.9.